The van der Waals surface area contributed by atoms with Crippen molar-refractivity contribution in [2.45, 2.75) is 38.6 Å². The molecule has 0 aromatic carbocycles. The molecule has 0 aromatic rings. The fourth-order valence-electron chi connectivity index (χ4n) is 2.12. The van der Waals surface area contributed by atoms with Crippen LogP contribution in [0.4, 0.5) is 0 Å². The number of nitrogens with zero attached hydrogens (tertiary/aromatic N) is 2. The van der Waals surface area contributed by atoms with E-state index >= 15 is 0 Å². The van der Waals surface area contributed by atoms with E-state index in [0.29, 0.717) is 12.0 Å². The highest BCUT2D eigenvalue weighted by Crippen LogP contribution is 2.18. The Balaban J connectivity index is 2.54. The van der Waals surface area contributed by atoms with Gasteiger partial charge in [-0.3, -0.25) is 9.69 Å². The molecule has 16 heavy (non-hydrogen) atoms. The number of hydrogen-bond acceptors (Lipinski definition) is 2. The van der Waals surface area contributed by atoms with E-state index in [1.807, 2.05) is 4.90 Å². The minimum absolute atomic E-state index is 0.0344. The van der Waals surface area contributed by atoms with Crippen molar-refractivity contribution in [2.75, 3.05) is 26.2 Å². The number of piperazine rings is 1. The van der Waals surface area contributed by atoms with Gasteiger partial charge in [-0.05, 0) is 19.4 Å². The van der Waals surface area contributed by atoms with E-state index in [4.69, 9.17) is 0 Å². The average Bonchev–Trinajstić information content (AvgIpc) is 2.26. The number of rotatable bonds is 3. The largest absolute Gasteiger partial charge is 0.339 e. The lowest BCUT2D eigenvalue weighted by Crippen LogP contribution is -2.55. The molecule has 1 aliphatic rings. The first-order chi connectivity index (χ1) is 7.47. The van der Waals surface area contributed by atoms with Crippen molar-refractivity contribution in [3.63, 3.8) is 0 Å². The van der Waals surface area contributed by atoms with Crippen LogP contribution >= 0.6 is 15.9 Å². The number of alkyl halides is 1. The van der Waals surface area contributed by atoms with Crippen molar-refractivity contribution < 1.29 is 4.79 Å². The smallest absolute Gasteiger partial charge is 0.236 e. The molecule has 1 fully saturated rings. The van der Waals surface area contributed by atoms with Gasteiger partial charge < -0.3 is 4.90 Å². The van der Waals surface area contributed by atoms with Crippen LogP contribution in [0.25, 0.3) is 0 Å². The summed E-state index contributed by atoms with van der Waals surface area (Å²) < 4.78 is 0. The van der Waals surface area contributed by atoms with Gasteiger partial charge in [0, 0.05) is 25.7 Å². The van der Waals surface area contributed by atoms with Crippen molar-refractivity contribution in [3.05, 3.63) is 0 Å². The third kappa shape index (κ3) is 3.20. The third-order valence-electron chi connectivity index (χ3n) is 3.30. The standard InChI is InChI=1S/C12H23BrN2O/c1-5-14-6-7-15(8-10(14)4)12(16)11(13)9(2)3/h9-11H,5-8H2,1-4H3. The quantitative estimate of drug-likeness (QED) is 0.742. The van der Waals surface area contributed by atoms with Crippen LogP contribution in [0.1, 0.15) is 27.7 Å². The lowest BCUT2D eigenvalue weighted by molar-refractivity contribution is -0.134. The van der Waals surface area contributed by atoms with Crippen LogP contribution in [0.3, 0.4) is 0 Å². The molecule has 2 unspecified atom stereocenters. The molecule has 94 valence electrons. The topological polar surface area (TPSA) is 23.6 Å². The van der Waals surface area contributed by atoms with Crippen LogP contribution < -0.4 is 0 Å². The summed E-state index contributed by atoms with van der Waals surface area (Å²) in [5.41, 5.74) is 0. The summed E-state index contributed by atoms with van der Waals surface area (Å²) in [6.07, 6.45) is 0. The van der Waals surface area contributed by atoms with Gasteiger partial charge >= 0.3 is 0 Å². The van der Waals surface area contributed by atoms with Gasteiger partial charge in [-0.15, -0.1) is 0 Å². The lowest BCUT2D eigenvalue weighted by atomic mass is 10.1. The van der Waals surface area contributed by atoms with Crippen LogP contribution in [0.15, 0.2) is 0 Å². The Hall–Kier alpha value is -0.0900. The van der Waals surface area contributed by atoms with Crippen molar-refractivity contribution in [3.8, 4) is 0 Å². The van der Waals surface area contributed by atoms with E-state index < -0.39 is 0 Å². The zero-order valence-corrected chi connectivity index (χ0v) is 12.3. The molecule has 1 saturated heterocycles. The highest BCUT2D eigenvalue weighted by atomic mass is 79.9. The van der Waals surface area contributed by atoms with Crippen LogP contribution in [-0.2, 0) is 4.79 Å². The van der Waals surface area contributed by atoms with Crippen molar-refractivity contribution in [1.29, 1.82) is 0 Å². The lowest BCUT2D eigenvalue weighted by Gasteiger charge is -2.40. The van der Waals surface area contributed by atoms with Crippen molar-refractivity contribution in [1.82, 2.24) is 9.80 Å². The number of likely N-dealkylation sites (N-methyl/N-ethyl adjacent to an activating group) is 1. The molecule has 3 nitrogen and oxygen atoms in total. The van der Waals surface area contributed by atoms with E-state index in [0.717, 1.165) is 26.2 Å². The van der Waals surface area contributed by atoms with E-state index in [-0.39, 0.29) is 10.7 Å². The molecule has 1 rings (SSSR count). The van der Waals surface area contributed by atoms with Gasteiger partial charge in [-0.2, -0.15) is 0 Å². The normalized spacial score (nSPS) is 24.9. The molecule has 0 aliphatic carbocycles. The Labute approximate surface area is 107 Å². The van der Waals surface area contributed by atoms with Gasteiger partial charge in [0.2, 0.25) is 5.91 Å². The summed E-state index contributed by atoms with van der Waals surface area (Å²) in [6.45, 7) is 12.3. The second-order valence-electron chi connectivity index (χ2n) is 4.91. The van der Waals surface area contributed by atoms with Crippen molar-refractivity contribution in [2.24, 2.45) is 5.92 Å². The summed E-state index contributed by atoms with van der Waals surface area (Å²) in [7, 11) is 0. The first-order valence-electron chi connectivity index (χ1n) is 6.14. The second kappa shape index (κ2) is 6.01. The third-order valence-corrected chi connectivity index (χ3v) is 4.75. The predicted octanol–water partition coefficient (Wildman–Crippen LogP) is 1.96. The Bertz CT molecular complexity index is 245. The van der Waals surface area contributed by atoms with E-state index in [1.54, 1.807) is 0 Å². The summed E-state index contributed by atoms with van der Waals surface area (Å²) >= 11 is 3.49. The van der Waals surface area contributed by atoms with E-state index in [2.05, 4.69) is 48.5 Å². The zero-order valence-electron chi connectivity index (χ0n) is 10.7. The van der Waals surface area contributed by atoms with Crippen LogP contribution in [0, 0.1) is 5.92 Å². The van der Waals surface area contributed by atoms with Gasteiger partial charge in [0.25, 0.3) is 0 Å². The average molecular weight is 291 g/mol. The van der Waals surface area contributed by atoms with Gasteiger partial charge in [-0.25, -0.2) is 0 Å². The summed E-state index contributed by atoms with van der Waals surface area (Å²) in [6, 6.07) is 0.481. The molecule has 0 bridgehead atoms. The monoisotopic (exact) mass is 290 g/mol. The van der Waals surface area contributed by atoms with Gasteiger partial charge in [0.15, 0.2) is 0 Å². The summed E-state index contributed by atoms with van der Waals surface area (Å²) in [5.74, 6) is 0.601. The molecular formula is C12H23BrN2O. The Morgan fingerprint density at radius 3 is 2.50 bits per heavy atom. The minimum Gasteiger partial charge on any atom is -0.339 e. The Kier molecular flexibility index (Phi) is 5.25. The highest BCUT2D eigenvalue weighted by Gasteiger charge is 2.30. The SMILES string of the molecule is CCN1CCN(C(=O)C(Br)C(C)C)CC1C. The Morgan fingerprint density at radius 2 is 2.06 bits per heavy atom. The molecule has 1 aliphatic heterocycles. The molecule has 1 amide bonds. The second-order valence-corrected chi connectivity index (χ2v) is 5.89. The molecular weight excluding hydrogens is 268 g/mol. The number of carbonyl (C=O) groups is 1. The van der Waals surface area contributed by atoms with Gasteiger partial charge in [-0.1, -0.05) is 36.7 Å². The maximum Gasteiger partial charge on any atom is 0.236 e. The fourth-order valence-corrected chi connectivity index (χ4v) is 2.41. The summed E-state index contributed by atoms with van der Waals surface area (Å²) in [5, 5.41) is 0. The van der Waals surface area contributed by atoms with E-state index in [1.165, 1.54) is 0 Å². The predicted molar refractivity (Wildman–Crippen MR) is 70.8 cm³/mol. The molecule has 0 aromatic heterocycles. The molecule has 1 heterocycles. The summed E-state index contributed by atoms with van der Waals surface area (Å²) in [4.78, 5) is 16.5. The van der Waals surface area contributed by atoms with Gasteiger partial charge in [0.1, 0.15) is 0 Å². The molecule has 2 atom stereocenters. The maximum absolute atomic E-state index is 12.1. The zero-order chi connectivity index (χ0) is 12.3. The van der Waals surface area contributed by atoms with E-state index in [9.17, 15) is 4.79 Å². The molecule has 4 heteroatoms. The Morgan fingerprint density at radius 1 is 1.44 bits per heavy atom. The first kappa shape index (κ1) is 14.0. The molecule has 0 N–H and O–H groups in total. The first-order valence-corrected chi connectivity index (χ1v) is 7.05. The molecule has 0 saturated carbocycles. The number of halogens is 1. The molecule has 0 radical (unpaired) electrons. The number of hydrogen-bond donors (Lipinski definition) is 0. The van der Waals surface area contributed by atoms with Crippen LogP contribution in [0.2, 0.25) is 0 Å². The van der Waals surface area contributed by atoms with Crippen LogP contribution in [0.5, 0.6) is 0 Å². The van der Waals surface area contributed by atoms with Gasteiger partial charge in [0.05, 0.1) is 4.83 Å². The minimum atomic E-state index is -0.0344. The fraction of sp³-hybridized carbons (Fsp3) is 0.917. The van der Waals surface area contributed by atoms with Crippen LogP contribution in [-0.4, -0.2) is 52.8 Å². The van der Waals surface area contributed by atoms with Crippen molar-refractivity contribution >= 4 is 21.8 Å². The maximum atomic E-state index is 12.1. The number of amides is 1. The molecule has 0 spiro atoms. The number of carbonyl (C=O) groups excluding carboxylic acids is 1. The highest BCUT2D eigenvalue weighted by molar-refractivity contribution is 9.10.